The SMILES string of the molecule is CCNCc1cc(S(=O)(=O)Nc2cccnc2C)c[nH]1. The second-order valence-corrected chi connectivity index (χ2v) is 6.07. The van der Waals surface area contributed by atoms with Gasteiger partial charge in [-0.05, 0) is 31.7 Å². The average molecular weight is 294 g/mol. The van der Waals surface area contributed by atoms with Crippen LogP contribution in [-0.4, -0.2) is 24.9 Å². The van der Waals surface area contributed by atoms with E-state index in [9.17, 15) is 8.42 Å². The highest BCUT2D eigenvalue weighted by Gasteiger charge is 2.17. The standard InChI is InChI=1S/C13H18N4O2S/c1-3-14-8-11-7-12(9-16-11)20(18,19)17-13-5-4-6-15-10(13)2/h4-7,9,14,16-17H,3,8H2,1-2H3. The molecule has 0 aliphatic heterocycles. The van der Waals surface area contributed by atoms with Gasteiger partial charge in [0.1, 0.15) is 4.90 Å². The van der Waals surface area contributed by atoms with Crippen molar-refractivity contribution in [1.29, 1.82) is 0 Å². The molecule has 0 bridgehead atoms. The number of anilines is 1. The average Bonchev–Trinajstić information content (AvgIpc) is 2.88. The first-order chi connectivity index (χ1) is 9.53. The van der Waals surface area contributed by atoms with Gasteiger partial charge in [0.15, 0.2) is 0 Å². The fourth-order valence-electron chi connectivity index (χ4n) is 1.73. The predicted molar refractivity (Wildman–Crippen MR) is 78.0 cm³/mol. The number of sulfonamides is 1. The summed E-state index contributed by atoms with van der Waals surface area (Å²) in [6, 6.07) is 5.00. The molecule has 0 amide bonds. The Morgan fingerprint density at radius 1 is 1.40 bits per heavy atom. The first kappa shape index (κ1) is 14.5. The Labute approximate surface area is 118 Å². The van der Waals surface area contributed by atoms with Crippen LogP contribution in [0.2, 0.25) is 0 Å². The minimum absolute atomic E-state index is 0.216. The number of nitrogens with zero attached hydrogens (tertiary/aromatic N) is 1. The largest absolute Gasteiger partial charge is 0.363 e. The van der Waals surface area contributed by atoms with Gasteiger partial charge >= 0.3 is 0 Å². The second kappa shape index (κ2) is 6.06. The van der Waals surface area contributed by atoms with Crippen LogP contribution < -0.4 is 10.0 Å². The number of aromatic amines is 1. The van der Waals surface area contributed by atoms with Gasteiger partial charge in [0.05, 0.1) is 11.4 Å². The van der Waals surface area contributed by atoms with Crippen molar-refractivity contribution in [2.45, 2.75) is 25.3 Å². The second-order valence-electron chi connectivity index (χ2n) is 4.38. The maximum Gasteiger partial charge on any atom is 0.263 e. The summed E-state index contributed by atoms with van der Waals surface area (Å²) in [5.41, 5.74) is 1.96. The molecule has 0 aromatic carbocycles. The van der Waals surface area contributed by atoms with Crippen LogP contribution in [0.3, 0.4) is 0 Å². The Hall–Kier alpha value is -1.86. The highest BCUT2D eigenvalue weighted by molar-refractivity contribution is 7.92. The predicted octanol–water partition coefficient (Wildman–Crippen LogP) is 1.63. The van der Waals surface area contributed by atoms with Gasteiger partial charge in [-0.3, -0.25) is 9.71 Å². The van der Waals surface area contributed by atoms with Gasteiger partial charge in [-0.15, -0.1) is 0 Å². The van der Waals surface area contributed by atoms with E-state index in [1.807, 2.05) is 6.92 Å². The molecule has 0 aliphatic carbocycles. The van der Waals surface area contributed by atoms with E-state index in [2.05, 4.69) is 20.0 Å². The summed E-state index contributed by atoms with van der Waals surface area (Å²) in [6.45, 7) is 5.19. The minimum atomic E-state index is -3.59. The number of hydrogen-bond donors (Lipinski definition) is 3. The molecule has 3 N–H and O–H groups in total. The quantitative estimate of drug-likeness (QED) is 0.755. The first-order valence-corrected chi connectivity index (χ1v) is 7.83. The molecule has 2 aromatic rings. The molecular weight excluding hydrogens is 276 g/mol. The van der Waals surface area contributed by atoms with E-state index < -0.39 is 10.0 Å². The van der Waals surface area contributed by atoms with Gasteiger partial charge in [0.25, 0.3) is 10.0 Å². The lowest BCUT2D eigenvalue weighted by atomic mass is 10.3. The van der Waals surface area contributed by atoms with Crippen LogP contribution in [0.15, 0.2) is 35.5 Å². The third-order valence-electron chi connectivity index (χ3n) is 2.84. The topological polar surface area (TPSA) is 86.9 Å². The van der Waals surface area contributed by atoms with Crippen molar-refractivity contribution >= 4 is 15.7 Å². The normalized spacial score (nSPS) is 11.5. The highest BCUT2D eigenvalue weighted by atomic mass is 32.2. The maximum absolute atomic E-state index is 12.3. The van der Waals surface area contributed by atoms with Gasteiger partial charge < -0.3 is 10.3 Å². The molecule has 108 valence electrons. The molecule has 0 spiro atoms. The zero-order valence-electron chi connectivity index (χ0n) is 11.5. The summed E-state index contributed by atoms with van der Waals surface area (Å²) in [6.07, 6.45) is 3.11. The molecule has 2 heterocycles. The Morgan fingerprint density at radius 2 is 2.20 bits per heavy atom. The molecule has 0 fully saturated rings. The van der Waals surface area contributed by atoms with E-state index in [-0.39, 0.29) is 4.90 Å². The Bertz CT molecular complexity index is 679. The number of aromatic nitrogens is 2. The fourth-order valence-corrected chi connectivity index (χ4v) is 2.87. The molecule has 0 atom stereocenters. The maximum atomic E-state index is 12.3. The van der Waals surface area contributed by atoms with E-state index in [0.29, 0.717) is 17.9 Å². The van der Waals surface area contributed by atoms with Crippen LogP contribution in [0.25, 0.3) is 0 Å². The van der Waals surface area contributed by atoms with Gasteiger partial charge in [0, 0.05) is 24.6 Å². The lowest BCUT2D eigenvalue weighted by molar-refractivity contribution is 0.601. The molecule has 0 unspecified atom stereocenters. The molecular formula is C13H18N4O2S. The molecule has 0 aliphatic rings. The molecule has 0 saturated carbocycles. The van der Waals surface area contributed by atoms with E-state index in [1.54, 1.807) is 31.3 Å². The molecule has 0 radical (unpaired) electrons. The van der Waals surface area contributed by atoms with Crippen molar-refractivity contribution in [3.8, 4) is 0 Å². The third kappa shape index (κ3) is 3.37. The lowest BCUT2D eigenvalue weighted by Crippen LogP contribution is -2.14. The lowest BCUT2D eigenvalue weighted by Gasteiger charge is -2.08. The zero-order chi connectivity index (χ0) is 14.6. The van der Waals surface area contributed by atoms with Gasteiger partial charge in [-0.2, -0.15) is 0 Å². The number of hydrogen-bond acceptors (Lipinski definition) is 4. The van der Waals surface area contributed by atoms with Gasteiger partial charge in [-0.1, -0.05) is 6.92 Å². The fraction of sp³-hybridized carbons (Fsp3) is 0.308. The number of rotatable bonds is 6. The monoisotopic (exact) mass is 294 g/mol. The van der Waals surface area contributed by atoms with Crippen molar-refractivity contribution in [2.75, 3.05) is 11.3 Å². The van der Waals surface area contributed by atoms with Crippen molar-refractivity contribution in [3.05, 3.63) is 42.0 Å². The van der Waals surface area contributed by atoms with Crippen molar-refractivity contribution < 1.29 is 8.42 Å². The first-order valence-electron chi connectivity index (χ1n) is 6.35. The van der Waals surface area contributed by atoms with Crippen molar-refractivity contribution in [2.24, 2.45) is 0 Å². The third-order valence-corrected chi connectivity index (χ3v) is 4.19. The van der Waals surface area contributed by atoms with E-state index in [4.69, 9.17) is 0 Å². The Balaban J connectivity index is 2.18. The summed E-state index contributed by atoms with van der Waals surface area (Å²) in [7, 11) is -3.59. The molecule has 0 saturated heterocycles. The van der Waals surface area contributed by atoms with Crippen LogP contribution in [0.1, 0.15) is 18.3 Å². The molecule has 20 heavy (non-hydrogen) atoms. The van der Waals surface area contributed by atoms with Gasteiger partial charge in [-0.25, -0.2) is 8.42 Å². The molecule has 6 nitrogen and oxygen atoms in total. The van der Waals surface area contributed by atoms with E-state index in [1.165, 1.54) is 6.20 Å². The van der Waals surface area contributed by atoms with Crippen molar-refractivity contribution in [3.63, 3.8) is 0 Å². The number of aryl methyl sites for hydroxylation is 1. The Morgan fingerprint density at radius 3 is 2.90 bits per heavy atom. The van der Waals surface area contributed by atoms with E-state index >= 15 is 0 Å². The van der Waals surface area contributed by atoms with Crippen LogP contribution in [0.4, 0.5) is 5.69 Å². The number of nitrogens with one attached hydrogen (secondary N) is 3. The van der Waals surface area contributed by atoms with Crippen LogP contribution in [0, 0.1) is 6.92 Å². The summed E-state index contributed by atoms with van der Waals surface area (Å²) in [5.74, 6) is 0. The van der Waals surface area contributed by atoms with Crippen LogP contribution in [-0.2, 0) is 16.6 Å². The smallest absolute Gasteiger partial charge is 0.263 e. The highest BCUT2D eigenvalue weighted by Crippen LogP contribution is 2.18. The zero-order valence-corrected chi connectivity index (χ0v) is 12.3. The Kier molecular flexibility index (Phi) is 4.41. The summed E-state index contributed by atoms with van der Waals surface area (Å²) in [5, 5.41) is 3.13. The van der Waals surface area contributed by atoms with Gasteiger partial charge in [0.2, 0.25) is 0 Å². The molecule has 2 rings (SSSR count). The number of H-pyrrole nitrogens is 1. The summed E-state index contributed by atoms with van der Waals surface area (Å²) in [4.78, 5) is 7.22. The van der Waals surface area contributed by atoms with Crippen molar-refractivity contribution in [1.82, 2.24) is 15.3 Å². The molecule has 2 aromatic heterocycles. The molecule has 7 heteroatoms. The van der Waals surface area contributed by atoms with Crippen LogP contribution >= 0.6 is 0 Å². The van der Waals surface area contributed by atoms with E-state index in [0.717, 1.165) is 12.2 Å². The summed E-state index contributed by atoms with van der Waals surface area (Å²) >= 11 is 0. The number of pyridine rings is 1. The summed E-state index contributed by atoms with van der Waals surface area (Å²) < 4.78 is 27.1. The van der Waals surface area contributed by atoms with Crippen LogP contribution in [0.5, 0.6) is 0 Å². The minimum Gasteiger partial charge on any atom is -0.363 e.